The summed E-state index contributed by atoms with van der Waals surface area (Å²) in [6, 6.07) is 1.65. The fourth-order valence-electron chi connectivity index (χ4n) is 2.27. The van der Waals surface area contributed by atoms with E-state index < -0.39 is 11.4 Å². The molecule has 0 unspecified atom stereocenters. The van der Waals surface area contributed by atoms with Gasteiger partial charge in [-0.3, -0.25) is 14.6 Å². The Morgan fingerprint density at radius 2 is 2.00 bits per heavy atom. The summed E-state index contributed by atoms with van der Waals surface area (Å²) in [6.45, 7) is 4.37. The third kappa shape index (κ3) is 2.77. The van der Waals surface area contributed by atoms with Crippen LogP contribution < -0.4 is 0 Å². The van der Waals surface area contributed by atoms with Crippen LogP contribution in [-0.2, 0) is 4.79 Å². The quantitative estimate of drug-likeness (QED) is 0.909. The molecule has 20 heavy (non-hydrogen) atoms. The zero-order valence-electron chi connectivity index (χ0n) is 11.5. The number of pyridine rings is 1. The van der Waals surface area contributed by atoms with Gasteiger partial charge in [0.05, 0.1) is 16.0 Å². The standard InChI is InChI=1S/C14H17ClN2O3/c1-9-7-11(15)10(8-16-9)12(18)17-5-3-14(2,4-6-17)13(19)20/h7-8H,3-6H2,1-2H3,(H,19,20). The van der Waals surface area contributed by atoms with Crippen LogP contribution in [0.5, 0.6) is 0 Å². The van der Waals surface area contributed by atoms with Crippen molar-refractivity contribution >= 4 is 23.5 Å². The van der Waals surface area contributed by atoms with Crippen LogP contribution in [0.3, 0.4) is 0 Å². The first kappa shape index (κ1) is 14.8. The summed E-state index contributed by atoms with van der Waals surface area (Å²) >= 11 is 6.07. The number of piperidine rings is 1. The molecule has 0 aliphatic carbocycles. The summed E-state index contributed by atoms with van der Waals surface area (Å²) in [7, 11) is 0. The van der Waals surface area contributed by atoms with Gasteiger partial charge in [0.15, 0.2) is 0 Å². The van der Waals surface area contributed by atoms with Crippen LogP contribution in [0.4, 0.5) is 0 Å². The average Bonchev–Trinajstić information content (AvgIpc) is 2.38. The summed E-state index contributed by atoms with van der Waals surface area (Å²) in [6.07, 6.45) is 2.38. The van der Waals surface area contributed by atoms with Gasteiger partial charge in [0.25, 0.3) is 5.91 Å². The molecule has 1 N–H and O–H groups in total. The van der Waals surface area contributed by atoms with E-state index in [9.17, 15) is 14.7 Å². The van der Waals surface area contributed by atoms with E-state index in [2.05, 4.69) is 4.98 Å². The van der Waals surface area contributed by atoms with Gasteiger partial charge in [0.2, 0.25) is 0 Å². The summed E-state index contributed by atoms with van der Waals surface area (Å²) in [5.41, 5.74) is 0.381. The van der Waals surface area contributed by atoms with Crippen LogP contribution in [0.1, 0.15) is 35.8 Å². The summed E-state index contributed by atoms with van der Waals surface area (Å²) in [5, 5.41) is 9.56. The molecule has 1 aliphatic heterocycles. The number of nitrogens with zero attached hydrogens (tertiary/aromatic N) is 2. The minimum atomic E-state index is -0.806. The third-order valence-corrected chi connectivity index (χ3v) is 4.20. The van der Waals surface area contributed by atoms with Gasteiger partial charge in [-0.05, 0) is 32.8 Å². The highest BCUT2D eigenvalue weighted by molar-refractivity contribution is 6.33. The van der Waals surface area contributed by atoms with Crippen LogP contribution in [0.2, 0.25) is 5.02 Å². The number of aromatic nitrogens is 1. The highest BCUT2D eigenvalue weighted by Gasteiger charge is 2.38. The van der Waals surface area contributed by atoms with Gasteiger partial charge < -0.3 is 10.0 Å². The van der Waals surface area contributed by atoms with Crippen molar-refractivity contribution in [3.8, 4) is 0 Å². The fraction of sp³-hybridized carbons (Fsp3) is 0.500. The Labute approximate surface area is 122 Å². The summed E-state index contributed by atoms with van der Waals surface area (Å²) in [5.74, 6) is -0.991. The van der Waals surface area contributed by atoms with Crippen molar-refractivity contribution in [2.45, 2.75) is 26.7 Å². The Bertz CT molecular complexity index is 551. The van der Waals surface area contributed by atoms with Gasteiger partial charge >= 0.3 is 5.97 Å². The van der Waals surface area contributed by atoms with Crippen molar-refractivity contribution in [2.75, 3.05) is 13.1 Å². The maximum atomic E-state index is 12.4. The molecule has 0 atom stereocenters. The molecule has 2 rings (SSSR count). The fourth-order valence-corrected chi connectivity index (χ4v) is 2.56. The summed E-state index contributed by atoms with van der Waals surface area (Å²) < 4.78 is 0. The molecule has 1 aliphatic rings. The van der Waals surface area contributed by atoms with Crippen molar-refractivity contribution in [2.24, 2.45) is 5.41 Å². The topological polar surface area (TPSA) is 70.5 Å². The highest BCUT2D eigenvalue weighted by Crippen LogP contribution is 2.32. The number of aliphatic carboxylic acids is 1. The number of hydrogen-bond acceptors (Lipinski definition) is 3. The maximum absolute atomic E-state index is 12.4. The van der Waals surface area contributed by atoms with E-state index >= 15 is 0 Å². The largest absolute Gasteiger partial charge is 0.481 e. The van der Waals surface area contributed by atoms with E-state index in [4.69, 9.17) is 11.6 Å². The van der Waals surface area contributed by atoms with Crippen LogP contribution >= 0.6 is 11.6 Å². The van der Waals surface area contributed by atoms with E-state index in [-0.39, 0.29) is 5.91 Å². The van der Waals surface area contributed by atoms with Crippen molar-refractivity contribution in [1.29, 1.82) is 0 Å². The number of likely N-dealkylation sites (tertiary alicyclic amines) is 1. The number of carboxylic acid groups (broad SMARTS) is 1. The van der Waals surface area contributed by atoms with E-state index in [0.29, 0.717) is 36.5 Å². The first-order valence-electron chi connectivity index (χ1n) is 6.48. The number of halogens is 1. The molecule has 0 bridgehead atoms. The molecular weight excluding hydrogens is 280 g/mol. The third-order valence-electron chi connectivity index (χ3n) is 3.89. The van der Waals surface area contributed by atoms with Crippen LogP contribution in [0, 0.1) is 12.3 Å². The molecule has 0 spiro atoms. The second kappa shape index (κ2) is 5.40. The van der Waals surface area contributed by atoms with Crippen LogP contribution in [0.25, 0.3) is 0 Å². The molecule has 1 aromatic rings. The predicted octanol–water partition coefficient (Wildman–Crippen LogP) is 2.37. The first-order chi connectivity index (χ1) is 9.33. The summed E-state index contributed by atoms with van der Waals surface area (Å²) in [4.78, 5) is 29.3. The molecule has 0 saturated carbocycles. The molecule has 5 nitrogen and oxygen atoms in total. The number of carboxylic acids is 1. The minimum Gasteiger partial charge on any atom is -0.481 e. The number of rotatable bonds is 2. The Kier molecular flexibility index (Phi) is 3.99. The maximum Gasteiger partial charge on any atom is 0.309 e. The molecule has 1 saturated heterocycles. The smallest absolute Gasteiger partial charge is 0.309 e. The number of amides is 1. The van der Waals surface area contributed by atoms with Crippen molar-refractivity contribution in [3.63, 3.8) is 0 Å². The highest BCUT2D eigenvalue weighted by atomic mass is 35.5. The molecule has 2 heterocycles. The van der Waals surface area contributed by atoms with Gasteiger partial charge in [-0.25, -0.2) is 0 Å². The minimum absolute atomic E-state index is 0.185. The number of aryl methyl sites for hydroxylation is 1. The molecule has 0 radical (unpaired) electrons. The van der Waals surface area contributed by atoms with Crippen molar-refractivity contribution in [1.82, 2.24) is 9.88 Å². The van der Waals surface area contributed by atoms with Crippen molar-refractivity contribution in [3.05, 3.63) is 28.5 Å². The average molecular weight is 297 g/mol. The first-order valence-corrected chi connectivity index (χ1v) is 6.86. The lowest BCUT2D eigenvalue weighted by molar-refractivity contribution is -0.150. The normalized spacial score (nSPS) is 17.9. The second-order valence-corrected chi connectivity index (χ2v) is 5.87. The molecule has 1 aromatic heterocycles. The van der Waals surface area contributed by atoms with E-state index in [1.807, 2.05) is 0 Å². The Hall–Kier alpha value is -1.62. The van der Waals surface area contributed by atoms with Gasteiger partial charge in [-0.2, -0.15) is 0 Å². The monoisotopic (exact) mass is 296 g/mol. The zero-order chi connectivity index (χ0) is 14.9. The van der Waals surface area contributed by atoms with Crippen LogP contribution in [-0.4, -0.2) is 40.0 Å². The number of hydrogen-bond donors (Lipinski definition) is 1. The van der Waals surface area contributed by atoms with Gasteiger partial charge in [0, 0.05) is 25.0 Å². The zero-order valence-corrected chi connectivity index (χ0v) is 12.3. The molecule has 6 heteroatoms. The molecule has 1 amide bonds. The Morgan fingerprint density at radius 1 is 1.40 bits per heavy atom. The molecule has 0 aromatic carbocycles. The van der Waals surface area contributed by atoms with Crippen molar-refractivity contribution < 1.29 is 14.7 Å². The van der Waals surface area contributed by atoms with E-state index in [1.54, 1.807) is 24.8 Å². The second-order valence-electron chi connectivity index (χ2n) is 5.46. The molecule has 108 valence electrons. The number of carbonyl (C=O) groups is 2. The van der Waals surface area contributed by atoms with Gasteiger partial charge in [-0.1, -0.05) is 11.6 Å². The lowest BCUT2D eigenvalue weighted by Gasteiger charge is -2.36. The number of carbonyl (C=O) groups excluding carboxylic acids is 1. The van der Waals surface area contributed by atoms with E-state index in [0.717, 1.165) is 5.69 Å². The van der Waals surface area contributed by atoms with Gasteiger partial charge in [-0.15, -0.1) is 0 Å². The Balaban J connectivity index is 2.11. The molecule has 1 fully saturated rings. The van der Waals surface area contributed by atoms with Crippen LogP contribution in [0.15, 0.2) is 12.3 Å². The lowest BCUT2D eigenvalue weighted by Crippen LogP contribution is -2.45. The predicted molar refractivity (Wildman–Crippen MR) is 74.9 cm³/mol. The van der Waals surface area contributed by atoms with Gasteiger partial charge in [0.1, 0.15) is 0 Å². The lowest BCUT2D eigenvalue weighted by atomic mass is 9.80. The molecular formula is C14H17ClN2O3. The van der Waals surface area contributed by atoms with E-state index in [1.165, 1.54) is 6.20 Å². The SMILES string of the molecule is Cc1cc(Cl)c(C(=O)N2CCC(C)(C(=O)O)CC2)cn1. The Morgan fingerprint density at radius 3 is 2.50 bits per heavy atom.